The molecule has 1 aliphatic heterocycles. The molecule has 1 radical (unpaired) electrons. The third-order valence-electron chi connectivity index (χ3n) is 13.0. The Morgan fingerprint density at radius 2 is 1.27 bits per heavy atom. The van der Waals surface area contributed by atoms with Crippen molar-refractivity contribution in [3.63, 3.8) is 0 Å². The predicted octanol–water partition coefficient (Wildman–Crippen LogP) is 13.3. The number of hydrogen-bond acceptors (Lipinski definition) is 8. The maximum Gasteiger partial charge on any atom is 0.247 e. The summed E-state index contributed by atoms with van der Waals surface area (Å²) in [4.78, 5) is 64.0. The van der Waals surface area contributed by atoms with Crippen molar-refractivity contribution >= 4 is 35.4 Å². The summed E-state index contributed by atoms with van der Waals surface area (Å²) in [5.74, 6) is -0.436. The Labute approximate surface area is 502 Å². The van der Waals surface area contributed by atoms with Crippen LogP contribution in [0.3, 0.4) is 0 Å². The second-order valence-electron chi connectivity index (χ2n) is 18.9. The molecule has 413 valence electrons. The first-order valence-corrected chi connectivity index (χ1v) is 26.8. The average molecular weight is 1300 g/mol. The summed E-state index contributed by atoms with van der Waals surface area (Å²) in [5.41, 5.74) is 25.1. The number of nitrogens with one attached hydrogen (secondary N) is 3. The molecule has 15 heteroatoms. The molecule has 4 bridgehead atoms. The van der Waals surface area contributed by atoms with Gasteiger partial charge in [-0.2, -0.15) is 6.54 Å². The van der Waals surface area contributed by atoms with Crippen LogP contribution in [0, 0.1) is 13.8 Å². The fraction of sp³-hybridized carbons (Fsp3) is 0.365. The van der Waals surface area contributed by atoms with Crippen molar-refractivity contribution in [3.8, 4) is 22.3 Å². The number of amides is 3. The van der Waals surface area contributed by atoms with Crippen molar-refractivity contribution in [1.82, 2.24) is 9.80 Å². The van der Waals surface area contributed by atoms with Gasteiger partial charge in [-0.3, -0.25) is 29.3 Å². The first-order chi connectivity index (χ1) is 36.9. The van der Waals surface area contributed by atoms with Gasteiger partial charge in [0.05, 0.1) is 6.54 Å². The van der Waals surface area contributed by atoms with Gasteiger partial charge < -0.3 is 31.6 Å². The Balaban J connectivity index is 0.000000729. The third kappa shape index (κ3) is 19.9. The summed E-state index contributed by atoms with van der Waals surface area (Å²) in [5, 5.41) is 14.6. The minimum absolute atomic E-state index is 0. The summed E-state index contributed by atoms with van der Waals surface area (Å²) >= 11 is 0. The Bertz CT molecular complexity index is 2800. The molecule has 6 aromatic carbocycles. The third-order valence-corrected chi connectivity index (χ3v) is 13.0. The molecule has 3 atom stereocenters. The van der Waals surface area contributed by atoms with Crippen LogP contribution in [-0.2, 0) is 108 Å². The van der Waals surface area contributed by atoms with Gasteiger partial charge in [0, 0.05) is 78.3 Å². The van der Waals surface area contributed by atoms with E-state index in [1.807, 2.05) is 113 Å². The number of benzene rings is 6. The van der Waals surface area contributed by atoms with Gasteiger partial charge in [0.1, 0.15) is 6.04 Å². The number of nitrogens with zero attached hydrogens (tertiary/aromatic N) is 3. The molecule has 4 N–H and O–H groups in total. The topological polar surface area (TPSA) is 175 Å². The van der Waals surface area contributed by atoms with E-state index in [1.54, 1.807) is 24.0 Å². The zero-order chi connectivity index (χ0) is 55.0. The number of hydroxylamine groups is 1. The summed E-state index contributed by atoms with van der Waals surface area (Å²) in [6.45, 7) is 16.3. The summed E-state index contributed by atoms with van der Waals surface area (Å²) in [6, 6.07) is 43.4. The van der Waals surface area contributed by atoms with Gasteiger partial charge in [-0.05, 0) is 160 Å². The van der Waals surface area contributed by atoms with Gasteiger partial charge in [0.25, 0.3) is 0 Å². The van der Waals surface area contributed by atoms with Crippen LogP contribution >= 0.6 is 0 Å². The Morgan fingerprint density at radius 1 is 0.756 bits per heavy atom. The van der Waals surface area contributed by atoms with Crippen molar-refractivity contribution in [2.24, 2.45) is 0 Å². The molecule has 1 fully saturated rings. The Kier molecular flexibility index (Phi) is 30.6. The maximum absolute atomic E-state index is 14.0. The predicted molar refractivity (Wildman–Crippen MR) is 307 cm³/mol. The van der Waals surface area contributed by atoms with Gasteiger partial charge in [-0.25, -0.2) is 4.89 Å². The standard InChI is InChI=1S/C50H56N5O4.C9H10O3.C2H6N.C2H6.W.Y/c1-5-27-54(4)33-47(56)51-42-12-7-10-40(31-42)44-29-35-17-23-37(44)24-18-36-20-26-38(25-19-35)45(30-36)41-11-8-13-43(32-41)52-49(57)46-14-9-28-55(46)50(58)48(53-59-6-2)39-21-15-34(3)16-22-39;1-7-2-4-8(5-3-7)9(6-10)12-11;1-2-3;1-2;;/h7-8,10-13,15-17,20-23,26,29-32,46,48H,5-6,9,14,18-19,24-25,27-28,33H2,1-4H3,(H,51,56)(H,52,57);2-6,9,11H,1H3;3H,2H2,1H3;1-2H3;;/q-1;;-1;;;/t46-,48-;9-;;;;/m01..../s1. The molecule has 0 unspecified atom stereocenters. The van der Waals surface area contributed by atoms with Gasteiger partial charge in [-0.1, -0.05) is 154 Å². The van der Waals surface area contributed by atoms with E-state index in [-0.39, 0.29) is 71.5 Å². The smallest absolute Gasteiger partial charge is 0.247 e. The van der Waals surface area contributed by atoms with E-state index in [9.17, 15) is 19.2 Å². The quantitative estimate of drug-likeness (QED) is 0.0459. The largest absolute Gasteiger partial charge is 0.678 e. The van der Waals surface area contributed by atoms with E-state index in [4.69, 9.17) is 15.8 Å². The number of aryl methyl sites for hydroxylation is 6. The average Bonchev–Trinajstić information content (AvgIpc) is 3.93. The zero-order valence-electron chi connectivity index (χ0n) is 46.7. The van der Waals surface area contributed by atoms with Crippen LogP contribution in [0.4, 0.5) is 11.4 Å². The number of likely N-dealkylation sites (tertiary alicyclic amines) is 1. The van der Waals surface area contributed by atoms with E-state index in [2.05, 4.69) is 82.5 Å². The molecule has 5 aliphatic rings. The van der Waals surface area contributed by atoms with E-state index < -0.39 is 18.2 Å². The number of hydrogen-bond donors (Lipinski definition) is 3. The molecule has 13 nitrogen and oxygen atoms in total. The van der Waals surface area contributed by atoms with E-state index in [0.29, 0.717) is 50.2 Å². The molecule has 6 aromatic rings. The maximum atomic E-state index is 14.0. The zero-order valence-corrected chi connectivity index (χ0v) is 52.5. The molecule has 0 aromatic heterocycles. The SMILES string of the molecule is CC.CCCN(C)CC(=O)Nc1cccc(-c2cc3ccc2CCc2ccc(c(-c4cccc(NC(=O)[C@@H]5CCCN5C(=O)[C@@H]([N-]OCC)c5ccc(C)cc5)c4)c2)CC3)c1.CC[NH-].Cc1ccc([C@@H](C=O)OO)cc1.[W].[Y]. The molecule has 4 aliphatic carbocycles. The van der Waals surface area contributed by atoms with Crippen LogP contribution in [0.1, 0.15) is 111 Å². The fourth-order valence-corrected chi connectivity index (χ4v) is 9.28. The van der Waals surface area contributed by atoms with Gasteiger partial charge >= 0.3 is 0 Å². The fourth-order valence-electron chi connectivity index (χ4n) is 9.28. The molecule has 78 heavy (non-hydrogen) atoms. The van der Waals surface area contributed by atoms with E-state index in [1.165, 1.54) is 27.8 Å². The number of carbonyl (C=O) groups excluding carboxylic acids is 4. The molecule has 1 saturated heterocycles. The first kappa shape index (κ1) is 67.2. The molecular weight excluding hydrogens is 1230 g/mol. The van der Waals surface area contributed by atoms with Crippen molar-refractivity contribution in [2.45, 2.75) is 112 Å². The molecule has 1 heterocycles. The summed E-state index contributed by atoms with van der Waals surface area (Å²) in [6.07, 6.45) is 5.44. The van der Waals surface area contributed by atoms with E-state index >= 15 is 0 Å². The number of rotatable bonds is 17. The minimum Gasteiger partial charge on any atom is -0.678 e. The van der Waals surface area contributed by atoms with Crippen LogP contribution in [-0.4, -0.2) is 84.9 Å². The minimum atomic E-state index is -0.870. The van der Waals surface area contributed by atoms with Crippen LogP contribution in [0.15, 0.2) is 133 Å². The first-order valence-electron chi connectivity index (χ1n) is 26.8. The molecular formula is C63H78N6O7WY-2. The van der Waals surface area contributed by atoms with Crippen LogP contribution in [0.5, 0.6) is 0 Å². The second kappa shape index (κ2) is 35.5. The number of carbonyl (C=O) groups is 4. The van der Waals surface area contributed by atoms with Crippen molar-refractivity contribution in [2.75, 3.05) is 50.5 Å². The monoisotopic (exact) mass is 1300 g/mol. The van der Waals surface area contributed by atoms with Crippen LogP contribution in [0.25, 0.3) is 33.5 Å². The second-order valence-corrected chi connectivity index (χ2v) is 18.9. The van der Waals surface area contributed by atoms with Gasteiger partial charge in [0.15, 0.2) is 12.4 Å². The van der Waals surface area contributed by atoms with Crippen molar-refractivity contribution < 1.29 is 87.9 Å². The molecule has 11 rings (SSSR count). The van der Waals surface area contributed by atoms with Crippen molar-refractivity contribution in [3.05, 3.63) is 189 Å². The van der Waals surface area contributed by atoms with Gasteiger partial charge in [0.2, 0.25) is 17.7 Å². The van der Waals surface area contributed by atoms with Crippen molar-refractivity contribution in [1.29, 1.82) is 0 Å². The normalized spacial score (nSPS) is 13.9. The van der Waals surface area contributed by atoms with Crippen LogP contribution in [0.2, 0.25) is 0 Å². The van der Waals surface area contributed by atoms with Gasteiger partial charge in [-0.15, -0.1) is 0 Å². The Morgan fingerprint density at radius 3 is 1.76 bits per heavy atom. The van der Waals surface area contributed by atoms with Crippen LogP contribution < -0.4 is 10.6 Å². The number of aldehydes is 1. The molecule has 3 amide bonds. The molecule has 0 saturated carbocycles. The number of likely N-dealkylation sites (N-methyl/N-ethyl adjacent to an activating group) is 1. The summed E-state index contributed by atoms with van der Waals surface area (Å²) in [7, 11) is 1.97. The molecule has 0 spiro atoms. The van der Waals surface area contributed by atoms with E-state index in [0.717, 1.165) is 84.1 Å². The Hall–Kier alpha value is -5.05. The number of anilines is 2. The summed E-state index contributed by atoms with van der Waals surface area (Å²) < 4.78 is 0.